The largest absolute Gasteiger partial charge is 0.497 e. The van der Waals surface area contributed by atoms with E-state index in [0.717, 1.165) is 42.7 Å². The number of hydrogen-bond acceptors (Lipinski definition) is 4. The van der Waals surface area contributed by atoms with Crippen molar-refractivity contribution in [1.29, 1.82) is 0 Å². The molecular formula is C21H29N4O4+. The number of benzene rings is 1. The van der Waals surface area contributed by atoms with Gasteiger partial charge in [0, 0.05) is 41.7 Å². The molecule has 156 valence electrons. The van der Waals surface area contributed by atoms with Gasteiger partial charge in [-0.1, -0.05) is 0 Å². The van der Waals surface area contributed by atoms with Crippen LogP contribution in [0.2, 0.25) is 0 Å². The molecule has 2 N–H and O–H groups in total. The molecule has 3 heterocycles. The Labute approximate surface area is 170 Å². The summed E-state index contributed by atoms with van der Waals surface area (Å²) in [5, 5.41) is 1.13. The lowest BCUT2D eigenvalue weighted by Gasteiger charge is -2.33. The molecule has 8 heteroatoms. The molecule has 0 unspecified atom stereocenters. The predicted molar refractivity (Wildman–Crippen MR) is 108 cm³/mol. The third kappa shape index (κ3) is 4.03. The molecule has 0 saturated carbocycles. The molecule has 1 saturated heterocycles. The van der Waals surface area contributed by atoms with Gasteiger partial charge >= 0.3 is 6.09 Å². The Hall–Kier alpha value is -2.74. The van der Waals surface area contributed by atoms with Gasteiger partial charge in [-0.3, -0.25) is 9.69 Å². The maximum Gasteiger partial charge on any atom is 0.410 e. The summed E-state index contributed by atoms with van der Waals surface area (Å²) in [4.78, 5) is 33.2. The van der Waals surface area contributed by atoms with Crippen LogP contribution >= 0.6 is 0 Å². The Kier molecular flexibility index (Phi) is 5.62. The number of aromatic amines is 1. The van der Waals surface area contributed by atoms with Gasteiger partial charge in [0.25, 0.3) is 5.91 Å². The molecule has 2 aliphatic heterocycles. The Bertz CT molecular complexity index is 901. The number of amides is 2. The van der Waals surface area contributed by atoms with Crippen molar-refractivity contribution in [1.82, 2.24) is 14.8 Å². The van der Waals surface area contributed by atoms with Crippen LogP contribution in [-0.2, 0) is 22.5 Å². The third-order valence-electron chi connectivity index (χ3n) is 5.93. The van der Waals surface area contributed by atoms with Crippen molar-refractivity contribution in [2.24, 2.45) is 0 Å². The van der Waals surface area contributed by atoms with E-state index < -0.39 is 0 Å². The molecular weight excluding hydrogens is 372 g/mol. The van der Waals surface area contributed by atoms with Crippen LogP contribution in [0.3, 0.4) is 0 Å². The van der Waals surface area contributed by atoms with Crippen LogP contribution in [0.5, 0.6) is 5.75 Å². The number of nitrogens with zero attached hydrogens (tertiary/aromatic N) is 2. The summed E-state index contributed by atoms with van der Waals surface area (Å²) >= 11 is 0. The van der Waals surface area contributed by atoms with E-state index in [0.29, 0.717) is 32.8 Å². The third-order valence-corrected chi connectivity index (χ3v) is 5.93. The molecule has 0 atom stereocenters. The van der Waals surface area contributed by atoms with Gasteiger partial charge in [0.2, 0.25) is 0 Å². The second-order valence-electron chi connectivity index (χ2n) is 7.67. The fourth-order valence-electron chi connectivity index (χ4n) is 4.26. The molecule has 2 aromatic rings. The number of methoxy groups -OCH3 is 1. The fourth-order valence-corrected chi connectivity index (χ4v) is 4.26. The van der Waals surface area contributed by atoms with Crippen LogP contribution in [-0.4, -0.2) is 79.8 Å². The molecule has 0 radical (unpaired) electrons. The summed E-state index contributed by atoms with van der Waals surface area (Å²) in [5.74, 6) is 0.999. The second-order valence-corrected chi connectivity index (χ2v) is 7.67. The maximum absolute atomic E-state index is 12.9. The first-order chi connectivity index (χ1) is 14.1. The first-order valence-corrected chi connectivity index (χ1v) is 10.3. The predicted octanol–water partition coefficient (Wildman–Crippen LogP) is 0.418. The minimum absolute atomic E-state index is 0.174. The van der Waals surface area contributed by atoms with E-state index in [1.54, 1.807) is 12.0 Å². The van der Waals surface area contributed by atoms with Crippen LogP contribution in [0, 0.1) is 0 Å². The van der Waals surface area contributed by atoms with Crippen LogP contribution in [0.4, 0.5) is 4.79 Å². The number of rotatable bonds is 4. The van der Waals surface area contributed by atoms with Gasteiger partial charge < -0.3 is 24.3 Å². The van der Waals surface area contributed by atoms with Gasteiger partial charge in [0.05, 0.1) is 39.9 Å². The standard InChI is InChI=1S/C21H28N4O4/c1-3-29-21(27)24-10-8-23(9-11-24)14-20(26)25-7-6-19-17(13-25)16-12-15(28-2)4-5-18(16)22-19/h4-5,12,22H,3,6-11,13-14H2,1-2H3/p+1. The van der Waals surface area contributed by atoms with E-state index in [-0.39, 0.29) is 12.0 Å². The zero-order chi connectivity index (χ0) is 20.4. The van der Waals surface area contributed by atoms with E-state index in [9.17, 15) is 9.59 Å². The number of nitrogens with one attached hydrogen (secondary N) is 2. The smallest absolute Gasteiger partial charge is 0.410 e. The lowest BCUT2D eigenvalue weighted by molar-refractivity contribution is -0.896. The van der Waals surface area contributed by atoms with E-state index in [2.05, 4.69) is 4.98 Å². The monoisotopic (exact) mass is 401 g/mol. The van der Waals surface area contributed by atoms with Crippen LogP contribution in [0.1, 0.15) is 18.2 Å². The molecule has 1 aromatic carbocycles. The lowest BCUT2D eigenvalue weighted by atomic mass is 10.0. The van der Waals surface area contributed by atoms with Crippen molar-refractivity contribution in [3.8, 4) is 5.75 Å². The second kappa shape index (κ2) is 8.32. The summed E-state index contributed by atoms with van der Waals surface area (Å²) in [6, 6.07) is 6.02. The SMILES string of the molecule is CCOC(=O)N1CC[NH+](CC(=O)N2CCc3[nH]c4ccc(OC)cc4c3C2)CC1. The Morgan fingerprint density at radius 1 is 1.17 bits per heavy atom. The summed E-state index contributed by atoms with van der Waals surface area (Å²) in [6.07, 6.45) is 0.584. The van der Waals surface area contributed by atoms with Crippen molar-refractivity contribution < 1.29 is 24.0 Å². The number of fused-ring (bicyclic) bond motifs is 3. The van der Waals surface area contributed by atoms with Gasteiger partial charge in [-0.25, -0.2) is 4.79 Å². The highest BCUT2D eigenvalue weighted by molar-refractivity contribution is 5.87. The van der Waals surface area contributed by atoms with Crippen molar-refractivity contribution in [3.63, 3.8) is 0 Å². The fraction of sp³-hybridized carbons (Fsp3) is 0.524. The average Bonchev–Trinajstić information content (AvgIpc) is 3.11. The number of aromatic nitrogens is 1. The summed E-state index contributed by atoms with van der Waals surface area (Å²) in [5.41, 5.74) is 3.50. The summed E-state index contributed by atoms with van der Waals surface area (Å²) in [6.45, 7) is 6.84. The lowest BCUT2D eigenvalue weighted by Crippen LogP contribution is -3.15. The number of H-pyrrole nitrogens is 1. The van der Waals surface area contributed by atoms with Gasteiger partial charge in [-0.15, -0.1) is 0 Å². The van der Waals surface area contributed by atoms with Crippen molar-refractivity contribution in [3.05, 3.63) is 29.5 Å². The highest BCUT2D eigenvalue weighted by Gasteiger charge is 2.29. The molecule has 2 amide bonds. The van der Waals surface area contributed by atoms with Gasteiger partial charge in [-0.2, -0.15) is 0 Å². The number of carbonyl (C=O) groups is 2. The molecule has 2 aliphatic rings. The molecule has 0 bridgehead atoms. The van der Waals surface area contributed by atoms with Crippen molar-refractivity contribution >= 4 is 22.9 Å². The highest BCUT2D eigenvalue weighted by atomic mass is 16.6. The van der Waals surface area contributed by atoms with Gasteiger partial charge in [-0.05, 0) is 25.1 Å². The average molecular weight is 401 g/mol. The van der Waals surface area contributed by atoms with Crippen LogP contribution in [0.25, 0.3) is 10.9 Å². The molecule has 0 aliphatic carbocycles. The number of ether oxygens (including phenoxy) is 2. The first kappa shape index (κ1) is 19.6. The summed E-state index contributed by atoms with van der Waals surface area (Å²) in [7, 11) is 1.67. The van der Waals surface area contributed by atoms with E-state index in [1.807, 2.05) is 30.0 Å². The maximum atomic E-state index is 12.9. The van der Waals surface area contributed by atoms with Crippen molar-refractivity contribution in [2.45, 2.75) is 19.9 Å². The van der Waals surface area contributed by atoms with Crippen molar-refractivity contribution in [2.75, 3.05) is 53.0 Å². The zero-order valence-corrected chi connectivity index (χ0v) is 17.1. The van der Waals surface area contributed by atoms with Gasteiger partial charge in [0.1, 0.15) is 5.75 Å². The van der Waals surface area contributed by atoms with E-state index in [4.69, 9.17) is 9.47 Å². The van der Waals surface area contributed by atoms with Gasteiger partial charge in [0.15, 0.2) is 6.54 Å². The Morgan fingerprint density at radius 2 is 1.97 bits per heavy atom. The topological polar surface area (TPSA) is 79.3 Å². The first-order valence-electron chi connectivity index (χ1n) is 10.3. The van der Waals surface area contributed by atoms with Crippen LogP contribution < -0.4 is 9.64 Å². The van der Waals surface area contributed by atoms with E-state index >= 15 is 0 Å². The Morgan fingerprint density at radius 3 is 2.69 bits per heavy atom. The van der Waals surface area contributed by atoms with E-state index in [1.165, 1.54) is 16.2 Å². The molecule has 4 rings (SSSR count). The molecule has 1 aromatic heterocycles. The zero-order valence-electron chi connectivity index (χ0n) is 17.1. The minimum atomic E-state index is -0.254. The molecule has 29 heavy (non-hydrogen) atoms. The van der Waals surface area contributed by atoms with Crippen LogP contribution in [0.15, 0.2) is 18.2 Å². The normalized spacial score (nSPS) is 17.3. The number of carbonyl (C=O) groups excluding carboxylic acids is 2. The highest BCUT2D eigenvalue weighted by Crippen LogP contribution is 2.30. The number of hydrogen-bond donors (Lipinski definition) is 2. The molecule has 0 spiro atoms. The summed E-state index contributed by atoms with van der Waals surface area (Å²) < 4.78 is 10.4. The molecule has 8 nitrogen and oxygen atoms in total. The Balaban J connectivity index is 1.37. The quantitative estimate of drug-likeness (QED) is 0.778. The number of quaternary nitrogens is 1. The molecule has 1 fully saturated rings. The number of piperazine rings is 1. The minimum Gasteiger partial charge on any atom is -0.497 e.